The minimum Gasteiger partial charge on any atom is -0.296 e. The van der Waals surface area contributed by atoms with Crippen molar-refractivity contribution in [3.63, 3.8) is 0 Å². The third-order valence-corrected chi connectivity index (χ3v) is 1.85. The summed E-state index contributed by atoms with van der Waals surface area (Å²) >= 11 is 0. The summed E-state index contributed by atoms with van der Waals surface area (Å²) in [4.78, 5) is 2.36. The predicted octanol–water partition coefficient (Wildman–Crippen LogP) is 3.43. The minimum atomic E-state index is 0. The molecule has 0 aliphatic heterocycles. The third kappa shape index (κ3) is 9.84. The fourth-order valence-electron chi connectivity index (χ4n) is 1.21. The lowest BCUT2D eigenvalue weighted by Gasteiger charge is -2.17. The van der Waals surface area contributed by atoms with Gasteiger partial charge in [0.25, 0.3) is 0 Å². The first kappa shape index (κ1) is 15.4. The van der Waals surface area contributed by atoms with Crippen molar-refractivity contribution in [3.05, 3.63) is 25.3 Å². The van der Waals surface area contributed by atoms with Crippen LogP contribution in [0.4, 0.5) is 0 Å². The molecule has 0 unspecified atom stereocenters. The first-order chi connectivity index (χ1) is 5.85. The van der Waals surface area contributed by atoms with E-state index in [0.29, 0.717) is 0 Å². The van der Waals surface area contributed by atoms with Crippen molar-refractivity contribution in [3.8, 4) is 0 Å². The molecule has 0 aromatic carbocycles. The lowest BCUT2D eigenvalue weighted by molar-refractivity contribution is 0.326. The Morgan fingerprint density at radius 2 is 1.62 bits per heavy atom. The average molecular weight is 248 g/mol. The van der Waals surface area contributed by atoms with Crippen molar-refractivity contribution < 1.29 is 0 Å². The average Bonchev–Trinajstić information content (AvgIpc) is 2.06. The molecule has 0 N–H and O–H groups in total. The molecule has 78 valence electrons. The Labute approximate surface area is 93.3 Å². The van der Waals surface area contributed by atoms with Crippen LogP contribution in [0.1, 0.15) is 26.2 Å². The van der Waals surface area contributed by atoms with E-state index in [-0.39, 0.29) is 17.0 Å². The summed E-state index contributed by atoms with van der Waals surface area (Å²) in [5.41, 5.74) is 0. The SMILES string of the molecule is Br.C=CCN(CC=C)CCCCC. The summed E-state index contributed by atoms with van der Waals surface area (Å²) in [7, 11) is 0. The van der Waals surface area contributed by atoms with E-state index in [4.69, 9.17) is 0 Å². The highest BCUT2D eigenvalue weighted by Gasteiger charge is 1.98. The van der Waals surface area contributed by atoms with Crippen molar-refractivity contribution in [2.24, 2.45) is 0 Å². The predicted molar refractivity (Wildman–Crippen MR) is 66.7 cm³/mol. The van der Waals surface area contributed by atoms with Crippen molar-refractivity contribution >= 4 is 17.0 Å². The van der Waals surface area contributed by atoms with Crippen molar-refractivity contribution in [2.45, 2.75) is 26.2 Å². The van der Waals surface area contributed by atoms with E-state index in [1.165, 1.54) is 25.8 Å². The maximum absolute atomic E-state index is 3.74. The quantitative estimate of drug-likeness (QED) is 0.470. The molecule has 0 spiro atoms. The van der Waals surface area contributed by atoms with Gasteiger partial charge in [-0.15, -0.1) is 30.1 Å². The van der Waals surface area contributed by atoms with Crippen LogP contribution in [-0.4, -0.2) is 24.5 Å². The van der Waals surface area contributed by atoms with E-state index in [2.05, 4.69) is 25.0 Å². The van der Waals surface area contributed by atoms with Crippen LogP contribution in [0.5, 0.6) is 0 Å². The molecule has 0 rings (SSSR count). The van der Waals surface area contributed by atoms with Gasteiger partial charge in [0.1, 0.15) is 0 Å². The lowest BCUT2D eigenvalue weighted by Crippen LogP contribution is -2.24. The molecule has 0 aliphatic carbocycles. The molecule has 0 radical (unpaired) electrons. The molecular weight excluding hydrogens is 226 g/mol. The summed E-state index contributed by atoms with van der Waals surface area (Å²) in [5.74, 6) is 0. The van der Waals surface area contributed by atoms with Gasteiger partial charge in [0, 0.05) is 13.1 Å². The smallest absolute Gasteiger partial charge is 0.0163 e. The van der Waals surface area contributed by atoms with Crippen LogP contribution in [-0.2, 0) is 0 Å². The highest BCUT2D eigenvalue weighted by molar-refractivity contribution is 8.93. The van der Waals surface area contributed by atoms with Gasteiger partial charge in [0.15, 0.2) is 0 Å². The fraction of sp³-hybridized carbons (Fsp3) is 0.636. The van der Waals surface area contributed by atoms with E-state index >= 15 is 0 Å². The second-order valence-electron chi connectivity index (χ2n) is 3.04. The number of halogens is 1. The van der Waals surface area contributed by atoms with Crippen molar-refractivity contribution in [1.82, 2.24) is 4.90 Å². The maximum Gasteiger partial charge on any atom is 0.0163 e. The summed E-state index contributed by atoms with van der Waals surface area (Å²) in [6.45, 7) is 12.8. The summed E-state index contributed by atoms with van der Waals surface area (Å²) < 4.78 is 0. The largest absolute Gasteiger partial charge is 0.296 e. The molecule has 0 aliphatic rings. The first-order valence-corrected chi connectivity index (χ1v) is 4.79. The molecule has 0 amide bonds. The number of nitrogens with zero attached hydrogens (tertiary/aromatic N) is 1. The Kier molecular flexibility index (Phi) is 14.1. The Morgan fingerprint density at radius 1 is 1.08 bits per heavy atom. The highest BCUT2D eigenvalue weighted by Crippen LogP contribution is 1.98. The summed E-state index contributed by atoms with van der Waals surface area (Å²) in [6, 6.07) is 0. The van der Waals surface area contributed by atoms with Gasteiger partial charge in [0.2, 0.25) is 0 Å². The Bertz CT molecular complexity index is 113. The molecule has 0 aromatic rings. The Morgan fingerprint density at radius 3 is 2.00 bits per heavy atom. The molecule has 0 saturated carbocycles. The fourth-order valence-corrected chi connectivity index (χ4v) is 1.21. The molecule has 0 bridgehead atoms. The van der Waals surface area contributed by atoms with Crippen LogP contribution < -0.4 is 0 Å². The normalized spacial score (nSPS) is 9.38. The monoisotopic (exact) mass is 247 g/mol. The first-order valence-electron chi connectivity index (χ1n) is 4.79. The molecule has 13 heavy (non-hydrogen) atoms. The molecule has 0 heterocycles. The second-order valence-corrected chi connectivity index (χ2v) is 3.04. The van der Waals surface area contributed by atoms with Gasteiger partial charge in [-0.25, -0.2) is 0 Å². The number of hydrogen-bond donors (Lipinski definition) is 0. The van der Waals surface area contributed by atoms with Gasteiger partial charge in [-0.2, -0.15) is 0 Å². The van der Waals surface area contributed by atoms with Gasteiger partial charge >= 0.3 is 0 Å². The van der Waals surface area contributed by atoms with E-state index in [1.807, 2.05) is 12.2 Å². The molecular formula is C11H22BrN. The standard InChI is InChI=1S/C11H21N.BrH/c1-4-7-8-11-12(9-5-2)10-6-3;/h5-6H,2-4,7-11H2,1H3;1H. The van der Waals surface area contributed by atoms with E-state index in [9.17, 15) is 0 Å². The second kappa shape index (κ2) is 11.9. The van der Waals surface area contributed by atoms with E-state index in [0.717, 1.165) is 13.1 Å². The number of unbranched alkanes of at least 4 members (excludes halogenated alkanes) is 2. The topological polar surface area (TPSA) is 3.24 Å². The molecule has 1 nitrogen and oxygen atoms in total. The summed E-state index contributed by atoms with van der Waals surface area (Å²) in [6.07, 6.45) is 7.81. The van der Waals surface area contributed by atoms with Crippen LogP contribution in [0, 0.1) is 0 Å². The minimum absolute atomic E-state index is 0. The Balaban J connectivity index is 0. The Hall–Kier alpha value is -0.0800. The van der Waals surface area contributed by atoms with E-state index < -0.39 is 0 Å². The zero-order chi connectivity index (χ0) is 9.23. The third-order valence-electron chi connectivity index (χ3n) is 1.85. The lowest BCUT2D eigenvalue weighted by atomic mass is 10.2. The highest BCUT2D eigenvalue weighted by atomic mass is 79.9. The molecule has 0 atom stereocenters. The van der Waals surface area contributed by atoms with Crippen LogP contribution >= 0.6 is 17.0 Å². The zero-order valence-corrected chi connectivity index (χ0v) is 10.4. The zero-order valence-electron chi connectivity index (χ0n) is 8.67. The van der Waals surface area contributed by atoms with Crippen LogP contribution in [0.25, 0.3) is 0 Å². The van der Waals surface area contributed by atoms with Gasteiger partial charge < -0.3 is 0 Å². The summed E-state index contributed by atoms with van der Waals surface area (Å²) in [5, 5.41) is 0. The number of hydrogen-bond acceptors (Lipinski definition) is 1. The van der Waals surface area contributed by atoms with Crippen LogP contribution in [0.2, 0.25) is 0 Å². The molecule has 0 saturated heterocycles. The van der Waals surface area contributed by atoms with Gasteiger partial charge in [-0.3, -0.25) is 4.90 Å². The molecule has 2 heteroatoms. The van der Waals surface area contributed by atoms with E-state index in [1.54, 1.807) is 0 Å². The van der Waals surface area contributed by atoms with Gasteiger partial charge in [-0.1, -0.05) is 31.9 Å². The molecule has 0 fully saturated rings. The van der Waals surface area contributed by atoms with Gasteiger partial charge in [0.05, 0.1) is 0 Å². The van der Waals surface area contributed by atoms with Crippen LogP contribution in [0.3, 0.4) is 0 Å². The number of rotatable bonds is 8. The molecule has 0 aromatic heterocycles. The maximum atomic E-state index is 3.74. The van der Waals surface area contributed by atoms with Crippen molar-refractivity contribution in [1.29, 1.82) is 0 Å². The van der Waals surface area contributed by atoms with Crippen molar-refractivity contribution in [2.75, 3.05) is 19.6 Å². The van der Waals surface area contributed by atoms with Crippen LogP contribution in [0.15, 0.2) is 25.3 Å². The van der Waals surface area contributed by atoms with Gasteiger partial charge in [-0.05, 0) is 13.0 Å².